The molecule has 1 fully saturated rings. The normalized spacial score (nSPS) is 22.2. The molecule has 0 aromatic heterocycles. The van der Waals surface area contributed by atoms with Crippen LogP contribution in [0.25, 0.3) is 0 Å². The molecule has 1 aliphatic carbocycles. The first-order chi connectivity index (χ1) is 3.69. The molecular weight excluding hydrogens is 130 g/mol. The summed E-state index contributed by atoms with van der Waals surface area (Å²) < 4.78 is 3.89. The van der Waals surface area contributed by atoms with Crippen LogP contribution in [0.15, 0.2) is 0 Å². The highest BCUT2D eigenvalue weighted by molar-refractivity contribution is 6.14. The van der Waals surface area contributed by atoms with Gasteiger partial charge in [0.05, 0.1) is 0 Å². The number of carbonyl (C=O) groups excluding carboxylic acids is 1. The lowest BCUT2D eigenvalue weighted by molar-refractivity contribution is -0.136. The molecule has 0 bridgehead atoms. The van der Waals surface area contributed by atoms with Crippen molar-refractivity contribution in [1.29, 1.82) is 0 Å². The zero-order valence-corrected chi connectivity index (χ0v) is 4.94. The predicted octanol–water partition coefficient (Wildman–Crippen LogP) is 0.175. The van der Waals surface area contributed by atoms with E-state index in [1.54, 1.807) is 0 Å². The standard InChI is InChI=1S/C4H6ClNO2/c5-8-3(7)4(6)1-2-4/h1-2,6H2. The minimum absolute atomic E-state index is 0.515. The van der Waals surface area contributed by atoms with Crippen LogP contribution in [0, 0.1) is 0 Å². The van der Waals surface area contributed by atoms with Crippen molar-refractivity contribution < 1.29 is 9.08 Å². The molecule has 0 heterocycles. The summed E-state index contributed by atoms with van der Waals surface area (Å²) in [4.78, 5) is 10.4. The van der Waals surface area contributed by atoms with Crippen molar-refractivity contribution in [3.63, 3.8) is 0 Å². The highest BCUT2D eigenvalue weighted by atomic mass is 35.5. The third-order valence-electron chi connectivity index (χ3n) is 1.27. The Morgan fingerprint density at radius 1 is 1.75 bits per heavy atom. The maximum atomic E-state index is 10.4. The van der Waals surface area contributed by atoms with E-state index in [4.69, 9.17) is 17.6 Å². The van der Waals surface area contributed by atoms with E-state index in [0.29, 0.717) is 12.8 Å². The molecule has 0 saturated heterocycles. The Morgan fingerprint density at radius 2 is 2.25 bits per heavy atom. The lowest BCUT2D eigenvalue weighted by atomic mass is 10.3. The minimum Gasteiger partial charge on any atom is -0.346 e. The summed E-state index contributed by atoms with van der Waals surface area (Å²) in [5.41, 5.74) is 4.61. The second-order valence-corrected chi connectivity index (χ2v) is 2.18. The molecule has 0 aromatic carbocycles. The van der Waals surface area contributed by atoms with Crippen molar-refractivity contribution in [2.45, 2.75) is 18.4 Å². The van der Waals surface area contributed by atoms with E-state index in [9.17, 15) is 4.79 Å². The van der Waals surface area contributed by atoms with Crippen LogP contribution in [0.4, 0.5) is 0 Å². The summed E-state index contributed by atoms with van der Waals surface area (Å²) >= 11 is 4.75. The topological polar surface area (TPSA) is 52.3 Å². The SMILES string of the molecule is NC1(C(=O)OCl)CC1. The van der Waals surface area contributed by atoms with Crippen LogP contribution in [0.3, 0.4) is 0 Å². The first kappa shape index (κ1) is 5.85. The fraction of sp³-hybridized carbons (Fsp3) is 0.750. The molecule has 0 aromatic rings. The molecule has 2 N–H and O–H groups in total. The van der Waals surface area contributed by atoms with Gasteiger partial charge in [-0.1, -0.05) is 0 Å². The molecule has 3 nitrogen and oxygen atoms in total. The van der Waals surface area contributed by atoms with Crippen molar-refractivity contribution in [1.82, 2.24) is 0 Å². The monoisotopic (exact) mass is 135 g/mol. The van der Waals surface area contributed by atoms with Crippen LogP contribution in [0.1, 0.15) is 12.8 Å². The number of carbonyl (C=O) groups is 1. The molecule has 8 heavy (non-hydrogen) atoms. The largest absolute Gasteiger partial charge is 0.346 e. The third kappa shape index (κ3) is 0.788. The summed E-state index contributed by atoms with van der Waals surface area (Å²) in [7, 11) is 0. The molecule has 4 heteroatoms. The van der Waals surface area contributed by atoms with Crippen molar-refractivity contribution in [2.24, 2.45) is 5.73 Å². The van der Waals surface area contributed by atoms with E-state index >= 15 is 0 Å². The summed E-state index contributed by atoms with van der Waals surface area (Å²) in [6.45, 7) is 0. The number of hydrogen-bond acceptors (Lipinski definition) is 3. The van der Waals surface area contributed by atoms with E-state index in [1.807, 2.05) is 0 Å². The maximum Gasteiger partial charge on any atom is 0.344 e. The van der Waals surface area contributed by atoms with Gasteiger partial charge in [-0.25, -0.2) is 4.79 Å². The average Bonchev–Trinajstić information content (AvgIpc) is 2.47. The van der Waals surface area contributed by atoms with Crippen LogP contribution in [-0.4, -0.2) is 11.5 Å². The smallest absolute Gasteiger partial charge is 0.344 e. The van der Waals surface area contributed by atoms with Gasteiger partial charge in [-0.3, -0.25) is 0 Å². The van der Waals surface area contributed by atoms with Crippen LogP contribution in [-0.2, 0) is 9.08 Å². The van der Waals surface area contributed by atoms with Crippen molar-refractivity contribution in [3.8, 4) is 0 Å². The van der Waals surface area contributed by atoms with Crippen molar-refractivity contribution >= 4 is 17.8 Å². The first-order valence-electron chi connectivity index (χ1n) is 2.31. The molecular formula is C4H6ClNO2. The Labute approximate surface area is 51.9 Å². The molecule has 0 atom stereocenters. The number of halogens is 1. The summed E-state index contributed by atoms with van der Waals surface area (Å²) in [6.07, 6.45) is 1.39. The molecule has 0 aliphatic heterocycles. The van der Waals surface area contributed by atoms with Gasteiger partial charge in [0.15, 0.2) is 0 Å². The van der Waals surface area contributed by atoms with Gasteiger partial charge in [0.1, 0.15) is 17.4 Å². The summed E-state index contributed by atoms with van der Waals surface area (Å²) in [5, 5.41) is 0. The second kappa shape index (κ2) is 1.60. The van der Waals surface area contributed by atoms with Gasteiger partial charge < -0.3 is 10.0 Å². The Hall–Kier alpha value is -0.280. The van der Waals surface area contributed by atoms with E-state index in [1.165, 1.54) is 0 Å². The molecule has 1 rings (SSSR count). The first-order valence-corrected chi connectivity index (χ1v) is 2.62. The zero-order valence-electron chi connectivity index (χ0n) is 4.19. The highest BCUT2D eigenvalue weighted by Gasteiger charge is 2.47. The van der Waals surface area contributed by atoms with Gasteiger partial charge in [-0.15, -0.1) is 0 Å². The Morgan fingerprint density at radius 3 is 2.38 bits per heavy atom. The van der Waals surface area contributed by atoms with Crippen LogP contribution in [0.2, 0.25) is 0 Å². The van der Waals surface area contributed by atoms with Gasteiger partial charge in [-0.2, -0.15) is 0 Å². The van der Waals surface area contributed by atoms with E-state index < -0.39 is 11.5 Å². The maximum absolute atomic E-state index is 10.4. The van der Waals surface area contributed by atoms with E-state index in [-0.39, 0.29) is 0 Å². The van der Waals surface area contributed by atoms with Gasteiger partial charge in [0, 0.05) is 0 Å². The fourth-order valence-corrected chi connectivity index (χ4v) is 0.569. The lowest BCUT2D eigenvalue weighted by Gasteiger charge is -1.99. The third-order valence-corrected chi connectivity index (χ3v) is 1.41. The molecule has 0 spiro atoms. The summed E-state index contributed by atoms with van der Waals surface area (Å²) in [5.74, 6) is -0.515. The average molecular weight is 136 g/mol. The minimum atomic E-state index is -0.734. The molecule has 0 radical (unpaired) electrons. The number of hydrogen-bond donors (Lipinski definition) is 1. The second-order valence-electron chi connectivity index (χ2n) is 2.02. The van der Waals surface area contributed by atoms with E-state index in [0.717, 1.165) is 0 Å². The quantitative estimate of drug-likeness (QED) is 0.558. The zero-order chi connectivity index (χ0) is 6.20. The fourth-order valence-electron chi connectivity index (χ4n) is 0.416. The Balaban J connectivity index is 2.46. The number of rotatable bonds is 1. The highest BCUT2D eigenvalue weighted by Crippen LogP contribution is 2.33. The van der Waals surface area contributed by atoms with Gasteiger partial charge in [-0.05, 0) is 12.8 Å². The van der Waals surface area contributed by atoms with Crippen molar-refractivity contribution in [3.05, 3.63) is 0 Å². The van der Waals surface area contributed by atoms with Crippen molar-refractivity contribution in [2.75, 3.05) is 0 Å². The van der Waals surface area contributed by atoms with E-state index in [2.05, 4.69) is 4.29 Å². The Kier molecular flexibility index (Phi) is 1.17. The molecule has 46 valence electrons. The van der Waals surface area contributed by atoms with Gasteiger partial charge in [0.25, 0.3) is 0 Å². The van der Waals surface area contributed by atoms with Gasteiger partial charge in [0.2, 0.25) is 0 Å². The van der Waals surface area contributed by atoms with Crippen LogP contribution in [0.5, 0.6) is 0 Å². The molecule has 0 unspecified atom stereocenters. The Bertz CT molecular complexity index is 121. The lowest BCUT2D eigenvalue weighted by Crippen LogP contribution is -2.32. The number of nitrogens with two attached hydrogens (primary N) is 1. The van der Waals surface area contributed by atoms with Gasteiger partial charge >= 0.3 is 5.97 Å². The summed E-state index contributed by atoms with van der Waals surface area (Å²) in [6, 6.07) is 0. The van der Waals surface area contributed by atoms with Crippen LogP contribution >= 0.6 is 11.9 Å². The van der Waals surface area contributed by atoms with Crippen LogP contribution < -0.4 is 5.73 Å². The molecule has 1 aliphatic rings. The predicted molar refractivity (Wildman–Crippen MR) is 28.1 cm³/mol. The molecule has 0 amide bonds. The molecule has 1 saturated carbocycles.